The molecule has 0 unspecified atom stereocenters. The number of benzene rings is 1. The number of hydrogen-bond acceptors (Lipinski definition) is 2. The van der Waals surface area contributed by atoms with Gasteiger partial charge in [0.1, 0.15) is 5.65 Å². The number of imidazole rings is 1. The van der Waals surface area contributed by atoms with E-state index in [-0.39, 0.29) is 0 Å². The predicted octanol–water partition coefficient (Wildman–Crippen LogP) is 2.56. The SMILES string of the molecule is Cc1ccc2c(C)cc3ncc(CN)n3c2c1. The fourth-order valence-electron chi connectivity index (χ4n) is 2.36. The van der Waals surface area contributed by atoms with Crippen LogP contribution in [-0.4, -0.2) is 9.38 Å². The molecule has 3 heteroatoms. The summed E-state index contributed by atoms with van der Waals surface area (Å²) in [6.45, 7) is 4.73. The highest BCUT2D eigenvalue weighted by atomic mass is 15.0. The highest BCUT2D eigenvalue weighted by Gasteiger charge is 2.08. The molecule has 0 saturated carbocycles. The van der Waals surface area contributed by atoms with Gasteiger partial charge in [0, 0.05) is 11.9 Å². The van der Waals surface area contributed by atoms with Gasteiger partial charge < -0.3 is 5.73 Å². The summed E-state index contributed by atoms with van der Waals surface area (Å²) in [5, 5.41) is 1.26. The van der Waals surface area contributed by atoms with Gasteiger partial charge in [-0.2, -0.15) is 0 Å². The summed E-state index contributed by atoms with van der Waals surface area (Å²) in [7, 11) is 0. The molecule has 17 heavy (non-hydrogen) atoms. The quantitative estimate of drug-likeness (QED) is 0.691. The van der Waals surface area contributed by atoms with Crippen LogP contribution in [0.2, 0.25) is 0 Å². The van der Waals surface area contributed by atoms with Crippen LogP contribution in [0, 0.1) is 13.8 Å². The van der Waals surface area contributed by atoms with Gasteiger partial charge in [-0.25, -0.2) is 4.98 Å². The lowest BCUT2D eigenvalue weighted by atomic mass is 10.1. The lowest BCUT2D eigenvalue weighted by Gasteiger charge is -2.08. The molecule has 0 radical (unpaired) electrons. The Morgan fingerprint density at radius 2 is 2.06 bits per heavy atom. The van der Waals surface area contributed by atoms with Crippen molar-refractivity contribution in [2.75, 3.05) is 0 Å². The summed E-state index contributed by atoms with van der Waals surface area (Å²) < 4.78 is 2.15. The minimum atomic E-state index is 0.507. The minimum Gasteiger partial charge on any atom is -0.325 e. The first-order valence-corrected chi connectivity index (χ1v) is 5.77. The lowest BCUT2D eigenvalue weighted by molar-refractivity contribution is 0.978. The van der Waals surface area contributed by atoms with Crippen molar-refractivity contribution in [3.63, 3.8) is 0 Å². The van der Waals surface area contributed by atoms with E-state index in [9.17, 15) is 0 Å². The Bertz CT molecular complexity index is 710. The van der Waals surface area contributed by atoms with Crippen molar-refractivity contribution in [2.45, 2.75) is 20.4 Å². The van der Waals surface area contributed by atoms with E-state index in [0.29, 0.717) is 6.54 Å². The Morgan fingerprint density at radius 3 is 2.82 bits per heavy atom. The van der Waals surface area contributed by atoms with Crippen LogP contribution in [0.5, 0.6) is 0 Å². The van der Waals surface area contributed by atoms with Crippen LogP contribution in [0.4, 0.5) is 0 Å². The molecular formula is C14H15N3. The Labute approximate surface area is 99.9 Å². The third-order valence-corrected chi connectivity index (χ3v) is 3.24. The lowest BCUT2D eigenvalue weighted by Crippen LogP contribution is -2.02. The molecule has 0 saturated heterocycles. The molecule has 2 N–H and O–H groups in total. The van der Waals surface area contributed by atoms with Gasteiger partial charge in [0.2, 0.25) is 0 Å². The number of nitrogens with two attached hydrogens (primary N) is 1. The van der Waals surface area contributed by atoms with E-state index in [4.69, 9.17) is 5.73 Å². The Morgan fingerprint density at radius 1 is 1.24 bits per heavy atom. The molecule has 1 aromatic carbocycles. The Balaban J connectivity index is 2.58. The van der Waals surface area contributed by atoms with E-state index in [1.165, 1.54) is 22.0 Å². The zero-order valence-electron chi connectivity index (χ0n) is 10.1. The first-order valence-electron chi connectivity index (χ1n) is 5.77. The van der Waals surface area contributed by atoms with Gasteiger partial charge in [0.15, 0.2) is 0 Å². The third-order valence-electron chi connectivity index (χ3n) is 3.24. The Kier molecular flexibility index (Phi) is 2.16. The van der Waals surface area contributed by atoms with E-state index in [1.807, 2.05) is 6.20 Å². The molecule has 2 aromatic heterocycles. The van der Waals surface area contributed by atoms with Gasteiger partial charge in [0.25, 0.3) is 0 Å². The standard InChI is InChI=1S/C14H15N3/c1-9-3-4-12-10(2)6-14-16-8-11(7-15)17(14)13(12)5-9/h3-6,8H,7,15H2,1-2H3. The molecule has 0 aliphatic heterocycles. The van der Waals surface area contributed by atoms with Crippen LogP contribution < -0.4 is 5.73 Å². The monoisotopic (exact) mass is 225 g/mol. The molecule has 0 aliphatic rings. The van der Waals surface area contributed by atoms with Crippen LogP contribution in [0.3, 0.4) is 0 Å². The molecule has 2 heterocycles. The van der Waals surface area contributed by atoms with Crippen molar-refractivity contribution in [3.8, 4) is 0 Å². The number of nitrogens with zero attached hydrogens (tertiary/aromatic N) is 2. The third kappa shape index (κ3) is 1.43. The van der Waals surface area contributed by atoms with E-state index >= 15 is 0 Å². The first kappa shape index (κ1) is 10.3. The van der Waals surface area contributed by atoms with E-state index in [0.717, 1.165) is 11.3 Å². The number of rotatable bonds is 1. The summed E-state index contributed by atoms with van der Waals surface area (Å²) in [6, 6.07) is 8.60. The Hall–Kier alpha value is -1.87. The van der Waals surface area contributed by atoms with Crippen LogP contribution in [-0.2, 0) is 6.54 Å². The van der Waals surface area contributed by atoms with Crippen molar-refractivity contribution in [2.24, 2.45) is 5.73 Å². The molecule has 0 amide bonds. The largest absolute Gasteiger partial charge is 0.325 e. The van der Waals surface area contributed by atoms with E-state index in [2.05, 4.69) is 47.5 Å². The molecule has 3 aromatic rings. The van der Waals surface area contributed by atoms with Crippen LogP contribution in [0.1, 0.15) is 16.8 Å². The fraction of sp³-hybridized carbons (Fsp3) is 0.214. The molecule has 86 valence electrons. The van der Waals surface area contributed by atoms with Crippen LogP contribution in [0.25, 0.3) is 16.6 Å². The summed E-state index contributed by atoms with van der Waals surface area (Å²) in [5.74, 6) is 0. The van der Waals surface area contributed by atoms with Crippen molar-refractivity contribution in [1.82, 2.24) is 9.38 Å². The van der Waals surface area contributed by atoms with Gasteiger partial charge in [0.05, 0.1) is 17.4 Å². The first-order chi connectivity index (χ1) is 8.20. The smallest absolute Gasteiger partial charge is 0.137 e. The van der Waals surface area contributed by atoms with Crippen molar-refractivity contribution in [1.29, 1.82) is 0 Å². The molecule has 0 fully saturated rings. The average Bonchev–Trinajstić information content (AvgIpc) is 2.71. The highest BCUT2D eigenvalue weighted by Crippen LogP contribution is 2.23. The summed E-state index contributed by atoms with van der Waals surface area (Å²) in [6.07, 6.45) is 1.86. The maximum absolute atomic E-state index is 5.77. The second-order valence-electron chi connectivity index (χ2n) is 4.50. The van der Waals surface area contributed by atoms with Gasteiger partial charge in [-0.15, -0.1) is 0 Å². The molecule has 3 rings (SSSR count). The molecular weight excluding hydrogens is 210 g/mol. The molecule has 0 bridgehead atoms. The van der Waals surface area contributed by atoms with E-state index in [1.54, 1.807) is 0 Å². The average molecular weight is 225 g/mol. The number of aromatic nitrogens is 2. The van der Waals surface area contributed by atoms with Gasteiger partial charge in [-0.1, -0.05) is 12.1 Å². The van der Waals surface area contributed by atoms with Crippen molar-refractivity contribution in [3.05, 3.63) is 47.3 Å². The van der Waals surface area contributed by atoms with Crippen LogP contribution in [0.15, 0.2) is 30.5 Å². The number of hydrogen-bond donors (Lipinski definition) is 1. The van der Waals surface area contributed by atoms with E-state index < -0.39 is 0 Å². The summed E-state index contributed by atoms with van der Waals surface area (Å²) in [5.41, 5.74) is 11.5. The maximum atomic E-state index is 5.77. The second kappa shape index (κ2) is 3.57. The predicted molar refractivity (Wildman–Crippen MR) is 70.1 cm³/mol. The zero-order valence-corrected chi connectivity index (χ0v) is 10.1. The molecule has 0 aliphatic carbocycles. The number of aryl methyl sites for hydroxylation is 2. The van der Waals surface area contributed by atoms with Crippen molar-refractivity contribution < 1.29 is 0 Å². The summed E-state index contributed by atoms with van der Waals surface area (Å²) >= 11 is 0. The van der Waals surface area contributed by atoms with Gasteiger partial charge in [-0.3, -0.25) is 4.40 Å². The zero-order chi connectivity index (χ0) is 12.0. The number of pyridine rings is 1. The summed E-state index contributed by atoms with van der Waals surface area (Å²) in [4.78, 5) is 4.41. The fourth-order valence-corrected chi connectivity index (χ4v) is 2.36. The van der Waals surface area contributed by atoms with Gasteiger partial charge >= 0.3 is 0 Å². The van der Waals surface area contributed by atoms with Crippen molar-refractivity contribution >= 4 is 16.6 Å². The normalized spacial score (nSPS) is 11.5. The molecule has 0 spiro atoms. The second-order valence-corrected chi connectivity index (χ2v) is 4.50. The van der Waals surface area contributed by atoms with Crippen LogP contribution >= 0.6 is 0 Å². The minimum absolute atomic E-state index is 0.507. The van der Waals surface area contributed by atoms with Gasteiger partial charge in [-0.05, 0) is 37.1 Å². The molecule has 3 nitrogen and oxygen atoms in total. The highest BCUT2D eigenvalue weighted by molar-refractivity contribution is 5.86. The maximum Gasteiger partial charge on any atom is 0.137 e. The number of fused-ring (bicyclic) bond motifs is 3. The topological polar surface area (TPSA) is 43.3 Å². The molecule has 0 atom stereocenters.